The molecule has 0 radical (unpaired) electrons. The Balaban J connectivity index is 0.000000127. The van der Waals surface area contributed by atoms with E-state index >= 15 is 0 Å². The van der Waals surface area contributed by atoms with Gasteiger partial charge < -0.3 is 0 Å². The first kappa shape index (κ1) is 8.94. The van der Waals surface area contributed by atoms with Crippen LogP contribution in [0.4, 0.5) is 0 Å². The van der Waals surface area contributed by atoms with Gasteiger partial charge in [-0.3, -0.25) is 4.98 Å². The molecule has 2 aromatic rings. The van der Waals surface area contributed by atoms with Gasteiger partial charge in [0.2, 0.25) is 0 Å². The normalized spacial score (nSPS) is 8.42. The van der Waals surface area contributed by atoms with Crippen molar-refractivity contribution in [3.63, 3.8) is 0 Å². The average Bonchev–Trinajstić information content (AvgIpc) is 2.62. The first-order valence-electron chi connectivity index (χ1n) is 3.73. The number of aryl methyl sites for hydroxylation is 1. The summed E-state index contributed by atoms with van der Waals surface area (Å²) in [5.41, 5.74) is 1.26. The number of pyridine rings is 1. The molecule has 0 saturated heterocycles. The Morgan fingerprint density at radius 3 is 1.92 bits per heavy atom. The Bertz CT molecular complexity index is 259. The lowest BCUT2D eigenvalue weighted by atomic mass is 10.3. The smallest absolute Gasteiger partial charge is 0.0270 e. The van der Waals surface area contributed by atoms with Crippen molar-refractivity contribution in [2.45, 2.75) is 6.92 Å². The van der Waals surface area contributed by atoms with Crippen LogP contribution in [0.1, 0.15) is 5.56 Å². The van der Waals surface area contributed by atoms with Gasteiger partial charge >= 0.3 is 0 Å². The highest BCUT2D eigenvalue weighted by Crippen LogP contribution is 1.91. The van der Waals surface area contributed by atoms with Gasteiger partial charge in [0, 0.05) is 12.4 Å². The summed E-state index contributed by atoms with van der Waals surface area (Å²) in [6.07, 6.45) is 3.57. The lowest BCUT2D eigenvalue weighted by molar-refractivity contribution is 1.29. The second-order valence-electron chi connectivity index (χ2n) is 2.32. The van der Waals surface area contributed by atoms with Gasteiger partial charge in [0.1, 0.15) is 0 Å². The molecule has 0 fully saturated rings. The van der Waals surface area contributed by atoms with E-state index in [2.05, 4.69) is 4.98 Å². The molecule has 0 unspecified atom stereocenters. The van der Waals surface area contributed by atoms with E-state index < -0.39 is 0 Å². The summed E-state index contributed by atoms with van der Waals surface area (Å²) in [6.45, 7) is 2.04. The summed E-state index contributed by atoms with van der Waals surface area (Å²) in [6, 6.07) is 7.98. The van der Waals surface area contributed by atoms with Crippen LogP contribution < -0.4 is 0 Å². The number of rotatable bonds is 0. The molecule has 0 aliphatic heterocycles. The van der Waals surface area contributed by atoms with E-state index in [1.54, 1.807) is 23.7 Å². The van der Waals surface area contributed by atoms with E-state index in [4.69, 9.17) is 0 Å². The Morgan fingerprint density at radius 1 is 1.08 bits per heavy atom. The maximum absolute atomic E-state index is 3.85. The second-order valence-corrected chi connectivity index (χ2v) is 3.13. The molecule has 0 aliphatic carbocycles. The molecule has 0 aromatic carbocycles. The minimum atomic E-state index is 1.26. The Hall–Kier alpha value is -1.15. The molecule has 0 aliphatic rings. The van der Waals surface area contributed by atoms with Gasteiger partial charge in [-0.1, -0.05) is 12.1 Å². The number of nitrogens with zero attached hydrogens (tertiary/aromatic N) is 1. The molecule has 62 valence electrons. The highest BCUT2D eigenvalue weighted by molar-refractivity contribution is 7.07. The van der Waals surface area contributed by atoms with Crippen molar-refractivity contribution in [2.24, 2.45) is 0 Å². The van der Waals surface area contributed by atoms with Crippen molar-refractivity contribution in [3.05, 3.63) is 53.0 Å². The minimum Gasteiger partial charge on any atom is -0.265 e. The standard InChI is InChI=1S/C6H7N.C4H4S/c1-6-2-4-7-5-3-6;1-2-4-5-3-1/h2-5H,1H3;1-4H. The first-order valence-corrected chi connectivity index (χ1v) is 4.67. The predicted octanol–water partition coefficient (Wildman–Crippen LogP) is 3.14. The monoisotopic (exact) mass is 177 g/mol. The largest absolute Gasteiger partial charge is 0.265 e. The molecular formula is C10H11NS. The molecule has 12 heavy (non-hydrogen) atoms. The fraction of sp³-hybridized carbons (Fsp3) is 0.100. The van der Waals surface area contributed by atoms with E-state index in [-0.39, 0.29) is 0 Å². The predicted molar refractivity (Wildman–Crippen MR) is 53.3 cm³/mol. The van der Waals surface area contributed by atoms with Gasteiger partial charge in [-0.25, -0.2) is 0 Å². The fourth-order valence-electron chi connectivity index (χ4n) is 0.653. The van der Waals surface area contributed by atoms with Crippen LogP contribution in [0.25, 0.3) is 0 Å². The molecule has 2 rings (SSSR count). The molecule has 0 spiro atoms. The Morgan fingerprint density at radius 2 is 1.67 bits per heavy atom. The summed E-state index contributed by atoms with van der Waals surface area (Å²) in [5, 5.41) is 4.08. The van der Waals surface area contributed by atoms with Crippen LogP contribution in [0.2, 0.25) is 0 Å². The second kappa shape index (κ2) is 5.49. The topological polar surface area (TPSA) is 12.9 Å². The Labute approximate surface area is 76.7 Å². The highest BCUT2D eigenvalue weighted by atomic mass is 32.1. The van der Waals surface area contributed by atoms with Gasteiger partial charge in [-0.05, 0) is 35.4 Å². The highest BCUT2D eigenvalue weighted by Gasteiger charge is 1.72. The van der Waals surface area contributed by atoms with Crippen molar-refractivity contribution < 1.29 is 0 Å². The molecule has 2 heteroatoms. The zero-order chi connectivity index (χ0) is 8.65. The van der Waals surface area contributed by atoms with Crippen LogP contribution in [0.15, 0.2) is 47.4 Å². The van der Waals surface area contributed by atoms with Gasteiger partial charge in [0.25, 0.3) is 0 Å². The summed E-state index contributed by atoms with van der Waals surface area (Å²) in [5.74, 6) is 0. The number of aromatic nitrogens is 1. The molecule has 0 saturated carbocycles. The van der Waals surface area contributed by atoms with Crippen LogP contribution in [0, 0.1) is 6.92 Å². The van der Waals surface area contributed by atoms with E-state index in [0.29, 0.717) is 0 Å². The summed E-state index contributed by atoms with van der Waals surface area (Å²) in [7, 11) is 0. The molecule has 0 amide bonds. The van der Waals surface area contributed by atoms with Crippen LogP contribution in [0.3, 0.4) is 0 Å². The van der Waals surface area contributed by atoms with Gasteiger partial charge in [0.05, 0.1) is 0 Å². The SMILES string of the molecule is Cc1ccncc1.c1ccsc1. The zero-order valence-electron chi connectivity index (χ0n) is 6.97. The van der Waals surface area contributed by atoms with Crippen LogP contribution in [-0.4, -0.2) is 4.98 Å². The average molecular weight is 177 g/mol. The van der Waals surface area contributed by atoms with Crippen LogP contribution in [0.5, 0.6) is 0 Å². The number of hydrogen-bond donors (Lipinski definition) is 0. The quantitative estimate of drug-likeness (QED) is 0.602. The third-order valence-electron chi connectivity index (χ3n) is 1.27. The molecule has 2 aromatic heterocycles. The van der Waals surface area contributed by atoms with Crippen molar-refractivity contribution >= 4 is 11.3 Å². The van der Waals surface area contributed by atoms with Crippen LogP contribution in [-0.2, 0) is 0 Å². The minimum absolute atomic E-state index is 1.26. The van der Waals surface area contributed by atoms with Gasteiger partial charge in [-0.15, -0.1) is 0 Å². The number of hydrogen-bond acceptors (Lipinski definition) is 2. The number of thiophene rings is 1. The van der Waals surface area contributed by atoms with Crippen molar-refractivity contribution in [1.29, 1.82) is 0 Å². The van der Waals surface area contributed by atoms with E-state index in [9.17, 15) is 0 Å². The molecule has 2 heterocycles. The molecule has 0 atom stereocenters. The van der Waals surface area contributed by atoms with E-state index in [1.165, 1.54) is 5.56 Å². The molecule has 0 bridgehead atoms. The first-order chi connectivity index (χ1) is 5.89. The lowest BCUT2D eigenvalue weighted by Gasteiger charge is -1.82. The third kappa shape index (κ3) is 3.88. The van der Waals surface area contributed by atoms with Crippen molar-refractivity contribution in [1.82, 2.24) is 4.98 Å². The maximum Gasteiger partial charge on any atom is 0.0270 e. The van der Waals surface area contributed by atoms with Crippen molar-refractivity contribution in [3.8, 4) is 0 Å². The third-order valence-corrected chi connectivity index (χ3v) is 1.90. The molecule has 1 nitrogen and oxygen atoms in total. The summed E-state index contributed by atoms with van der Waals surface area (Å²) < 4.78 is 0. The van der Waals surface area contributed by atoms with Gasteiger partial charge in [-0.2, -0.15) is 11.3 Å². The Kier molecular flexibility index (Phi) is 4.09. The summed E-state index contributed by atoms with van der Waals surface area (Å²) >= 11 is 1.71. The summed E-state index contributed by atoms with van der Waals surface area (Å²) in [4.78, 5) is 3.85. The zero-order valence-corrected chi connectivity index (χ0v) is 7.79. The van der Waals surface area contributed by atoms with Gasteiger partial charge in [0.15, 0.2) is 0 Å². The van der Waals surface area contributed by atoms with Crippen LogP contribution >= 0.6 is 11.3 Å². The fourth-order valence-corrected chi connectivity index (χ4v) is 1.11. The lowest BCUT2D eigenvalue weighted by Crippen LogP contribution is -1.68. The molecule has 0 N–H and O–H groups in total. The van der Waals surface area contributed by atoms with E-state index in [0.717, 1.165) is 0 Å². The van der Waals surface area contributed by atoms with Crippen molar-refractivity contribution in [2.75, 3.05) is 0 Å². The van der Waals surface area contributed by atoms with E-state index in [1.807, 2.05) is 41.9 Å². The maximum atomic E-state index is 3.85. The molecular weight excluding hydrogens is 166 g/mol.